The minimum atomic E-state index is 0.556. The summed E-state index contributed by atoms with van der Waals surface area (Å²) in [6.45, 7) is 2.30. The summed E-state index contributed by atoms with van der Waals surface area (Å²) in [5.74, 6) is 1.01. The van der Waals surface area contributed by atoms with Gasteiger partial charge >= 0.3 is 0 Å². The molecule has 0 bridgehead atoms. The summed E-state index contributed by atoms with van der Waals surface area (Å²) < 4.78 is 0. The Labute approximate surface area is 115 Å². The van der Waals surface area contributed by atoms with Crippen molar-refractivity contribution in [3.05, 3.63) is 34.3 Å². The van der Waals surface area contributed by atoms with Crippen molar-refractivity contribution in [2.45, 2.75) is 57.5 Å². The van der Waals surface area contributed by atoms with Crippen molar-refractivity contribution in [2.24, 2.45) is 5.92 Å². The first-order valence-electron chi connectivity index (χ1n) is 7.30. The SMILES string of the molecule is CCC(CC1CC1)NC1CCc2cc(Cl)ccc21. The van der Waals surface area contributed by atoms with E-state index in [0.717, 1.165) is 10.9 Å². The van der Waals surface area contributed by atoms with Gasteiger partial charge in [0, 0.05) is 17.1 Å². The molecule has 0 aromatic heterocycles. The second kappa shape index (κ2) is 5.22. The van der Waals surface area contributed by atoms with Gasteiger partial charge in [-0.05, 0) is 54.9 Å². The molecule has 0 aliphatic heterocycles. The Bertz CT molecular complexity index is 425. The minimum absolute atomic E-state index is 0.556. The average molecular weight is 264 g/mol. The molecule has 1 N–H and O–H groups in total. The maximum atomic E-state index is 6.06. The van der Waals surface area contributed by atoms with Crippen LogP contribution in [0.3, 0.4) is 0 Å². The third kappa shape index (κ3) is 2.73. The van der Waals surface area contributed by atoms with E-state index < -0.39 is 0 Å². The van der Waals surface area contributed by atoms with Gasteiger partial charge in [0.1, 0.15) is 0 Å². The van der Waals surface area contributed by atoms with Gasteiger partial charge < -0.3 is 5.32 Å². The molecular formula is C16H22ClN. The number of benzene rings is 1. The Morgan fingerprint density at radius 1 is 1.33 bits per heavy atom. The van der Waals surface area contributed by atoms with Crippen LogP contribution in [0.2, 0.25) is 5.02 Å². The van der Waals surface area contributed by atoms with Gasteiger partial charge in [0.25, 0.3) is 0 Å². The number of halogens is 1. The molecule has 2 aliphatic rings. The Morgan fingerprint density at radius 3 is 2.89 bits per heavy atom. The molecule has 2 aliphatic carbocycles. The maximum absolute atomic E-state index is 6.06. The normalized spacial score (nSPS) is 24.0. The monoisotopic (exact) mass is 263 g/mol. The Hall–Kier alpha value is -0.530. The molecule has 0 heterocycles. The number of fused-ring (bicyclic) bond motifs is 1. The summed E-state index contributed by atoms with van der Waals surface area (Å²) in [5, 5.41) is 4.74. The lowest BCUT2D eigenvalue weighted by atomic mass is 10.0. The van der Waals surface area contributed by atoms with Crippen LogP contribution >= 0.6 is 11.6 Å². The molecule has 1 saturated carbocycles. The van der Waals surface area contributed by atoms with Crippen LogP contribution in [0, 0.1) is 5.92 Å². The maximum Gasteiger partial charge on any atom is 0.0408 e. The van der Waals surface area contributed by atoms with Crippen molar-refractivity contribution < 1.29 is 0 Å². The summed E-state index contributed by atoms with van der Waals surface area (Å²) in [6, 6.07) is 7.64. The van der Waals surface area contributed by atoms with Crippen LogP contribution in [0.5, 0.6) is 0 Å². The van der Waals surface area contributed by atoms with E-state index in [1.807, 2.05) is 6.07 Å². The first-order valence-corrected chi connectivity index (χ1v) is 7.68. The summed E-state index contributed by atoms with van der Waals surface area (Å²) in [6.07, 6.45) is 7.93. The van der Waals surface area contributed by atoms with Crippen LogP contribution in [0.1, 0.15) is 56.2 Å². The highest BCUT2D eigenvalue weighted by molar-refractivity contribution is 6.30. The van der Waals surface area contributed by atoms with Gasteiger partial charge in [-0.3, -0.25) is 0 Å². The van der Waals surface area contributed by atoms with Crippen LogP contribution in [-0.2, 0) is 6.42 Å². The molecule has 1 fully saturated rings. The third-order valence-corrected chi connectivity index (χ3v) is 4.66. The molecule has 18 heavy (non-hydrogen) atoms. The van der Waals surface area contributed by atoms with E-state index in [4.69, 9.17) is 11.6 Å². The van der Waals surface area contributed by atoms with Crippen molar-refractivity contribution in [1.29, 1.82) is 0 Å². The molecule has 1 aromatic carbocycles. The molecule has 2 atom stereocenters. The van der Waals surface area contributed by atoms with Crippen LogP contribution < -0.4 is 5.32 Å². The van der Waals surface area contributed by atoms with Crippen LogP contribution in [0.15, 0.2) is 18.2 Å². The van der Waals surface area contributed by atoms with Crippen molar-refractivity contribution >= 4 is 11.6 Å². The van der Waals surface area contributed by atoms with Gasteiger partial charge in [0.15, 0.2) is 0 Å². The van der Waals surface area contributed by atoms with Gasteiger partial charge in [-0.15, -0.1) is 0 Å². The van der Waals surface area contributed by atoms with Crippen LogP contribution in [0.4, 0.5) is 0 Å². The predicted octanol–water partition coefficient (Wildman–Crippen LogP) is 4.50. The van der Waals surface area contributed by atoms with E-state index in [1.54, 1.807) is 0 Å². The summed E-state index contributed by atoms with van der Waals surface area (Å²) in [4.78, 5) is 0. The Morgan fingerprint density at radius 2 is 2.17 bits per heavy atom. The molecular weight excluding hydrogens is 242 g/mol. The predicted molar refractivity (Wildman–Crippen MR) is 77.1 cm³/mol. The molecule has 1 nitrogen and oxygen atoms in total. The van der Waals surface area contributed by atoms with E-state index in [0.29, 0.717) is 12.1 Å². The second-order valence-electron chi connectivity index (χ2n) is 5.89. The van der Waals surface area contributed by atoms with Crippen molar-refractivity contribution in [3.8, 4) is 0 Å². The standard InChI is InChI=1S/C16H22ClN/c1-2-14(9-11-3-4-11)18-16-8-5-12-10-13(17)6-7-15(12)16/h6-7,10-11,14,16,18H,2-5,8-9H2,1H3. The first kappa shape index (κ1) is 12.5. The van der Waals surface area contributed by atoms with Crippen LogP contribution in [0.25, 0.3) is 0 Å². The van der Waals surface area contributed by atoms with Gasteiger partial charge in [-0.1, -0.05) is 37.4 Å². The molecule has 1 aromatic rings. The summed E-state index contributed by atoms with van der Waals surface area (Å²) >= 11 is 6.06. The first-order chi connectivity index (χ1) is 8.76. The lowest BCUT2D eigenvalue weighted by Crippen LogP contribution is -2.31. The topological polar surface area (TPSA) is 12.0 Å². The lowest BCUT2D eigenvalue weighted by Gasteiger charge is -2.22. The van der Waals surface area contributed by atoms with E-state index >= 15 is 0 Å². The average Bonchev–Trinajstić information content (AvgIpc) is 3.10. The van der Waals surface area contributed by atoms with Gasteiger partial charge in [0.05, 0.1) is 0 Å². The second-order valence-corrected chi connectivity index (χ2v) is 6.32. The fourth-order valence-corrected chi connectivity index (χ4v) is 3.35. The third-order valence-electron chi connectivity index (χ3n) is 4.43. The summed E-state index contributed by atoms with van der Waals surface area (Å²) in [5.41, 5.74) is 2.93. The van der Waals surface area contributed by atoms with E-state index in [9.17, 15) is 0 Å². The van der Waals surface area contributed by atoms with E-state index in [1.165, 1.54) is 49.7 Å². The largest absolute Gasteiger partial charge is 0.307 e. The smallest absolute Gasteiger partial charge is 0.0408 e. The highest BCUT2D eigenvalue weighted by atomic mass is 35.5. The number of rotatable bonds is 5. The van der Waals surface area contributed by atoms with Gasteiger partial charge in [0.2, 0.25) is 0 Å². The van der Waals surface area contributed by atoms with Crippen LogP contribution in [-0.4, -0.2) is 6.04 Å². The highest BCUT2D eigenvalue weighted by Crippen LogP contribution is 2.37. The highest BCUT2D eigenvalue weighted by Gasteiger charge is 2.28. The van der Waals surface area contributed by atoms with Gasteiger partial charge in [-0.25, -0.2) is 0 Å². The fraction of sp³-hybridized carbons (Fsp3) is 0.625. The molecule has 0 spiro atoms. The Balaban J connectivity index is 1.67. The minimum Gasteiger partial charge on any atom is -0.307 e. The molecule has 0 amide bonds. The molecule has 2 unspecified atom stereocenters. The Kier molecular flexibility index (Phi) is 3.63. The van der Waals surface area contributed by atoms with Crippen molar-refractivity contribution in [2.75, 3.05) is 0 Å². The molecule has 0 radical (unpaired) electrons. The molecule has 2 heteroatoms. The fourth-order valence-electron chi connectivity index (χ4n) is 3.15. The van der Waals surface area contributed by atoms with Gasteiger partial charge in [-0.2, -0.15) is 0 Å². The number of hydrogen-bond donors (Lipinski definition) is 1. The van der Waals surface area contributed by atoms with Crippen molar-refractivity contribution in [3.63, 3.8) is 0 Å². The zero-order valence-electron chi connectivity index (χ0n) is 11.1. The number of nitrogens with one attached hydrogen (secondary N) is 1. The summed E-state index contributed by atoms with van der Waals surface area (Å²) in [7, 11) is 0. The van der Waals surface area contributed by atoms with E-state index in [2.05, 4.69) is 24.4 Å². The number of aryl methyl sites for hydroxylation is 1. The molecule has 3 rings (SSSR count). The van der Waals surface area contributed by atoms with E-state index in [-0.39, 0.29) is 0 Å². The molecule has 0 saturated heterocycles. The zero-order chi connectivity index (χ0) is 12.5. The molecule has 98 valence electrons. The number of hydrogen-bond acceptors (Lipinski definition) is 1. The quantitative estimate of drug-likeness (QED) is 0.825. The zero-order valence-corrected chi connectivity index (χ0v) is 11.8. The lowest BCUT2D eigenvalue weighted by molar-refractivity contribution is 0.388. The van der Waals surface area contributed by atoms with Crippen molar-refractivity contribution in [1.82, 2.24) is 5.32 Å².